The molecular formula is C10H16ClN3OS. The van der Waals surface area contributed by atoms with Crippen molar-refractivity contribution >= 4 is 28.8 Å². The van der Waals surface area contributed by atoms with E-state index in [9.17, 15) is 4.79 Å². The van der Waals surface area contributed by atoms with E-state index in [4.69, 9.17) is 11.6 Å². The van der Waals surface area contributed by atoms with Crippen molar-refractivity contribution in [1.29, 1.82) is 0 Å². The van der Waals surface area contributed by atoms with Gasteiger partial charge in [0.25, 0.3) is 0 Å². The van der Waals surface area contributed by atoms with Gasteiger partial charge in [-0.3, -0.25) is 9.69 Å². The van der Waals surface area contributed by atoms with Crippen LogP contribution in [0.5, 0.6) is 0 Å². The first kappa shape index (κ1) is 13.4. The predicted octanol–water partition coefficient (Wildman–Crippen LogP) is 1.75. The summed E-state index contributed by atoms with van der Waals surface area (Å²) in [6.07, 6.45) is 1.76. The highest BCUT2D eigenvalue weighted by molar-refractivity contribution is 7.15. The summed E-state index contributed by atoms with van der Waals surface area (Å²) in [5.74, 6) is 0.0555. The number of hydrogen-bond acceptors (Lipinski definition) is 4. The largest absolute Gasteiger partial charge is 0.355 e. The van der Waals surface area contributed by atoms with Gasteiger partial charge in [0.2, 0.25) is 5.91 Å². The van der Waals surface area contributed by atoms with Gasteiger partial charge in [0, 0.05) is 24.2 Å². The minimum Gasteiger partial charge on any atom is -0.355 e. The van der Waals surface area contributed by atoms with Gasteiger partial charge in [0.1, 0.15) is 0 Å². The van der Waals surface area contributed by atoms with Crippen molar-refractivity contribution in [2.75, 3.05) is 19.6 Å². The zero-order valence-corrected chi connectivity index (χ0v) is 11.1. The number of carbonyl (C=O) groups excluding carboxylic acids is 1. The van der Waals surface area contributed by atoms with E-state index < -0.39 is 0 Å². The Morgan fingerprint density at radius 2 is 2.38 bits per heavy atom. The fourth-order valence-corrected chi connectivity index (χ4v) is 2.33. The highest BCUT2D eigenvalue weighted by Crippen LogP contribution is 2.19. The van der Waals surface area contributed by atoms with E-state index >= 15 is 0 Å². The number of thiazole rings is 1. The van der Waals surface area contributed by atoms with Crippen molar-refractivity contribution in [2.45, 2.75) is 20.4 Å². The fraction of sp³-hybridized carbons (Fsp3) is 0.600. The van der Waals surface area contributed by atoms with Crippen LogP contribution < -0.4 is 5.32 Å². The van der Waals surface area contributed by atoms with Crippen LogP contribution >= 0.6 is 22.9 Å². The van der Waals surface area contributed by atoms with Gasteiger partial charge in [-0.25, -0.2) is 4.98 Å². The SMILES string of the molecule is CCNC(=O)CN(CC)Cc1cnc(Cl)s1. The van der Waals surface area contributed by atoms with Gasteiger partial charge in [-0.1, -0.05) is 18.5 Å². The number of amides is 1. The Morgan fingerprint density at radius 1 is 1.62 bits per heavy atom. The van der Waals surface area contributed by atoms with E-state index in [1.807, 2.05) is 13.8 Å². The first-order valence-corrected chi connectivity index (χ1v) is 6.44. The first-order chi connectivity index (χ1) is 7.65. The monoisotopic (exact) mass is 261 g/mol. The van der Waals surface area contributed by atoms with Gasteiger partial charge in [-0.05, 0) is 13.5 Å². The van der Waals surface area contributed by atoms with E-state index in [0.29, 0.717) is 17.6 Å². The number of likely N-dealkylation sites (N-methyl/N-ethyl adjacent to an activating group) is 2. The molecule has 90 valence electrons. The molecule has 1 amide bonds. The van der Waals surface area contributed by atoms with Crippen LogP contribution in [-0.4, -0.2) is 35.4 Å². The summed E-state index contributed by atoms with van der Waals surface area (Å²) >= 11 is 7.20. The van der Waals surface area contributed by atoms with Crippen LogP contribution in [0.3, 0.4) is 0 Å². The van der Waals surface area contributed by atoms with Gasteiger partial charge in [-0.15, -0.1) is 11.3 Å². The molecule has 0 unspecified atom stereocenters. The molecule has 0 radical (unpaired) electrons. The standard InChI is InChI=1S/C10H16ClN3OS/c1-3-12-9(15)7-14(4-2)6-8-5-13-10(11)16-8/h5H,3-4,6-7H2,1-2H3,(H,12,15). The van der Waals surface area contributed by atoms with Crippen LogP contribution in [0, 0.1) is 0 Å². The number of rotatable bonds is 6. The molecule has 0 aliphatic heterocycles. The molecule has 0 aliphatic carbocycles. The number of hydrogen-bond donors (Lipinski definition) is 1. The Bertz CT molecular complexity index is 343. The third kappa shape index (κ3) is 4.47. The van der Waals surface area contributed by atoms with E-state index in [2.05, 4.69) is 15.2 Å². The summed E-state index contributed by atoms with van der Waals surface area (Å²) in [6.45, 7) is 6.58. The molecule has 16 heavy (non-hydrogen) atoms. The van der Waals surface area contributed by atoms with Crippen LogP contribution in [0.15, 0.2) is 6.20 Å². The highest BCUT2D eigenvalue weighted by atomic mass is 35.5. The number of nitrogens with one attached hydrogen (secondary N) is 1. The van der Waals surface area contributed by atoms with Crippen molar-refractivity contribution in [3.63, 3.8) is 0 Å². The van der Waals surface area contributed by atoms with Crippen molar-refractivity contribution in [3.8, 4) is 0 Å². The summed E-state index contributed by atoms with van der Waals surface area (Å²) < 4.78 is 0.545. The van der Waals surface area contributed by atoms with Crippen LogP contribution in [-0.2, 0) is 11.3 Å². The van der Waals surface area contributed by atoms with E-state index in [1.54, 1.807) is 6.20 Å². The highest BCUT2D eigenvalue weighted by Gasteiger charge is 2.10. The maximum absolute atomic E-state index is 11.4. The topological polar surface area (TPSA) is 45.2 Å². The summed E-state index contributed by atoms with van der Waals surface area (Å²) in [7, 11) is 0. The van der Waals surface area contributed by atoms with Crippen molar-refractivity contribution < 1.29 is 4.79 Å². The molecule has 0 saturated carbocycles. The van der Waals surface area contributed by atoms with Gasteiger partial charge in [-0.2, -0.15) is 0 Å². The van der Waals surface area contributed by atoms with Gasteiger partial charge >= 0.3 is 0 Å². The minimum absolute atomic E-state index is 0.0555. The smallest absolute Gasteiger partial charge is 0.234 e. The third-order valence-corrected chi connectivity index (χ3v) is 3.19. The lowest BCUT2D eigenvalue weighted by molar-refractivity contribution is -0.122. The number of aromatic nitrogens is 1. The van der Waals surface area contributed by atoms with Crippen molar-refractivity contribution in [2.24, 2.45) is 0 Å². The Hall–Kier alpha value is -0.650. The van der Waals surface area contributed by atoms with E-state index in [-0.39, 0.29) is 5.91 Å². The van der Waals surface area contributed by atoms with Gasteiger partial charge < -0.3 is 5.32 Å². The van der Waals surface area contributed by atoms with Crippen LogP contribution in [0.25, 0.3) is 0 Å². The molecule has 0 saturated heterocycles. The molecule has 0 aromatic carbocycles. The van der Waals surface area contributed by atoms with Crippen LogP contribution in [0.1, 0.15) is 18.7 Å². The van der Waals surface area contributed by atoms with Crippen molar-refractivity contribution in [3.05, 3.63) is 15.5 Å². The molecular weight excluding hydrogens is 246 g/mol. The van der Waals surface area contributed by atoms with Gasteiger partial charge in [0.05, 0.1) is 6.54 Å². The molecule has 1 heterocycles. The molecule has 0 fully saturated rings. The molecule has 0 bridgehead atoms. The lowest BCUT2D eigenvalue weighted by Gasteiger charge is -2.18. The second-order valence-electron chi connectivity index (χ2n) is 3.34. The molecule has 6 heteroatoms. The van der Waals surface area contributed by atoms with Crippen LogP contribution in [0.2, 0.25) is 4.47 Å². The molecule has 0 spiro atoms. The molecule has 1 aromatic rings. The second kappa shape index (κ2) is 6.83. The minimum atomic E-state index is 0.0555. The normalized spacial score (nSPS) is 10.8. The molecule has 1 rings (SSSR count). The zero-order valence-electron chi connectivity index (χ0n) is 9.49. The molecule has 1 aromatic heterocycles. The average molecular weight is 262 g/mol. The Morgan fingerprint density at radius 3 is 2.88 bits per heavy atom. The quantitative estimate of drug-likeness (QED) is 0.849. The lowest BCUT2D eigenvalue weighted by Crippen LogP contribution is -2.36. The maximum atomic E-state index is 11.4. The molecule has 0 atom stereocenters. The Kier molecular flexibility index (Phi) is 5.73. The Balaban J connectivity index is 2.45. The summed E-state index contributed by atoms with van der Waals surface area (Å²) in [6, 6.07) is 0. The third-order valence-electron chi connectivity index (χ3n) is 2.09. The fourth-order valence-electron chi connectivity index (χ4n) is 1.31. The average Bonchev–Trinajstić information content (AvgIpc) is 2.63. The van der Waals surface area contributed by atoms with Crippen molar-refractivity contribution in [1.82, 2.24) is 15.2 Å². The number of halogens is 1. The number of nitrogens with zero attached hydrogens (tertiary/aromatic N) is 2. The predicted molar refractivity (Wildman–Crippen MR) is 66.8 cm³/mol. The first-order valence-electron chi connectivity index (χ1n) is 5.25. The van der Waals surface area contributed by atoms with E-state index in [0.717, 1.165) is 18.0 Å². The molecule has 4 nitrogen and oxygen atoms in total. The molecule has 0 aliphatic rings. The second-order valence-corrected chi connectivity index (χ2v) is 5.03. The number of carbonyl (C=O) groups is 1. The Labute approximate surface area is 105 Å². The van der Waals surface area contributed by atoms with E-state index in [1.165, 1.54) is 11.3 Å². The zero-order chi connectivity index (χ0) is 12.0. The van der Waals surface area contributed by atoms with Crippen LogP contribution in [0.4, 0.5) is 0 Å². The summed E-state index contributed by atoms with van der Waals surface area (Å²) in [4.78, 5) is 18.5. The lowest BCUT2D eigenvalue weighted by atomic mass is 10.4. The maximum Gasteiger partial charge on any atom is 0.234 e. The molecule has 1 N–H and O–H groups in total. The summed E-state index contributed by atoms with van der Waals surface area (Å²) in [5.41, 5.74) is 0. The van der Waals surface area contributed by atoms with Gasteiger partial charge in [0.15, 0.2) is 4.47 Å². The summed E-state index contributed by atoms with van der Waals surface area (Å²) in [5, 5.41) is 2.78.